The number of nitrogens with zero attached hydrogens (tertiary/aromatic N) is 2. The minimum absolute atomic E-state index is 0.338. The summed E-state index contributed by atoms with van der Waals surface area (Å²) in [4.78, 5) is 16.0. The van der Waals surface area contributed by atoms with Crippen molar-refractivity contribution in [3.8, 4) is 0 Å². The number of carboxylic acid groups (broad SMARTS) is 1. The molecular formula is C21H24N2O3. The molecule has 26 heavy (non-hydrogen) atoms. The van der Waals surface area contributed by atoms with Crippen LogP contribution in [-0.2, 0) is 11.3 Å². The Bertz CT molecular complexity index is 748. The van der Waals surface area contributed by atoms with E-state index in [2.05, 4.69) is 40.1 Å². The summed E-state index contributed by atoms with van der Waals surface area (Å²) in [6, 6.07) is 18.6. The molecule has 4 rings (SSSR count). The van der Waals surface area contributed by atoms with Crippen LogP contribution in [0, 0.1) is 0 Å². The molecule has 5 nitrogen and oxygen atoms in total. The number of carbonyl (C=O) groups is 1. The number of ether oxygens (including phenoxy) is 1. The first-order chi connectivity index (χ1) is 12.7. The van der Waals surface area contributed by atoms with Crippen LogP contribution >= 0.6 is 0 Å². The molecule has 0 bridgehead atoms. The van der Waals surface area contributed by atoms with Crippen LogP contribution < -0.4 is 0 Å². The predicted octanol–water partition coefficient (Wildman–Crippen LogP) is 2.64. The van der Waals surface area contributed by atoms with Gasteiger partial charge >= 0.3 is 5.97 Å². The van der Waals surface area contributed by atoms with Gasteiger partial charge in [-0.3, -0.25) is 9.80 Å². The van der Waals surface area contributed by atoms with Crippen molar-refractivity contribution in [1.29, 1.82) is 0 Å². The molecule has 0 unspecified atom stereocenters. The summed E-state index contributed by atoms with van der Waals surface area (Å²) in [5, 5.41) is 9.02. The average molecular weight is 352 g/mol. The number of fused-ring (bicyclic) bond motifs is 1. The molecule has 0 amide bonds. The summed E-state index contributed by atoms with van der Waals surface area (Å²) in [5.41, 5.74) is 2.82. The second-order valence-corrected chi connectivity index (χ2v) is 7.09. The summed E-state index contributed by atoms with van der Waals surface area (Å²) in [6.45, 7) is 5.40. The fraction of sp³-hybridized carbons (Fsp3) is 0.381. The Hall–Kier alpha value is -2.21. The van der Waals surface area contributed by atoms with E-state index in [9.17, 15) is 4.79 Å². The van der Waals surface area contributed by atoms with Gasteiger partial charge in [0.25, 0.3) is 0 Å². The number of morpholine rings is 1. The third-order valence-electron chi connectivity index (χ3n) is 5.39. The molecule has 0 spiro atoms. The van der Waals surface area contributed by atoms with Crippen LogP contribution in [0.15, 0.2) is 54.6 Å². The van der Waals surface area contributed by atoms with Crippen molar-refractivity contribution in [2.75, 3.05) is 32.8 Å². The van der Waals surface area contributed by atoms with Gasteiger partial charge < -0.3 is 9.84 Å². The number of piperazine rings is 1. The fourth-order valence-electron chi connectivity index (χ4n) is 4.02. The van der Waals surface area contributed by atoms with Crippen LogP contribution in [0.2, 0.25) is 0 Å². The van der Waals surface area contributed by atoms with Crippen molar-refractivity contribution >= 4 is 5.97 Å². The minimum atomic E-state index is -0.878. The first-order valence-corrected chi connectivity index (χ1v) is 9.14. The normalized spacial score (nSPS) is 24.2. The van der Waals surface area contributed by atoms with Crippen molar-refractivity contribution in [3.05, 3.63) is 71.3 Å². The zero-order valence-corrected chi connectivity index (χ0v) is 14.8. The first kappa shape index (κ1) is 17.2. The summed E-state index contributed by atoms with van der Waals surface area (Å²) in [6.07, 6.45) is 0. The van der Waals surface area contributed by atoms with Crippen molar-refractivity contribution in [1.82, 2.24) is 9.80 Å². The molecule has 136 valence electrons. The Morgan fingerprint density at radius 1 is 1.04 bits per heavy atom. The molecule has 1 N–H and O–H groups in total. The molecule has 2 heterocycles. The Morgan fingerprint density at radius 2 is 1.81 bits per heavy atom. The van der Waals surface area contributed by atoms with Crippen molar-refractivity contribution in [2.24, 2.45) is 0 Å². The monoisotopic (exact) mass is 352 g/mol. The maximum atomic E-state index is 11.0. The highest BCUT2D eigenvalue weighted by Crippen LogP contribution is 2.29. The van der Waals surface area contributed by atoms with Gasteiger partial charge in [-0.1, -0.05) is 42.5 Å². The van der Waals surface area contributed by atoms with Crippen LogP contribution in [0.3, 0.4) is 0 Å². The Kier molecular flexibility index (Phi) is 5.02. The van der Waals surface area contributed by atoms with E-state index in [-0.39, 0.29) is 0 Å². The van der Waals surface area contributed by atoms with E-state index >= 15 is 0 Å². The molecule has 0 radical (unpaired) electrons. The third kappa shape index (κ3) is 3.65. The van der Waals surface area contributed by atoms with Crippen molar-refractivity contribution < 1.29 is 14.6 Å². The molecule has 2 aromatic rings. The lowest BCUT2D eigenvalue weighted by atomic mass is 10.00. The van der Waals surface area contributed by atoms with Gasteiger partial charge in [-0.25, -0.2) is 4.79 Å². The number of carboxylic acids is 1. The molecule has 2 fully saturated rings. The van der Waals surface area contributed by atoms with Crippen molar-refractivity contribution in [3.63, 3.8) is 0 Å². The molecule has 0 saturated carbocycles. The van der Waals surface area contributed by atoms with Gasteiger partial charge in [0.05, 0.1) is 24.8 Å². The fourth-order valence-corrected chi connectivity index (χ4v) is 4.02. The minimum Gasteiger partial charge on any atom is -0.478 e. The maximum Gasteiger partial charge on any atom is 0.335 e. The lowest BCUT2D eigenvalue weighted by molar-refractivity contribution is -0.0835. The van der Waals surface area contributed by atoms with Gasteiger partial charge in [0.2, 0.25) is 0 Å². The van der Waals surface area contributed by atoms with E-state index in [0.717, 1.165) is 45.0 Å². The predicted molar refractivity (Wildman–Crippen MR) is 99.2 cm³/mol. The Labute approximate surface area is 153 Å². The van der Waals surface area contributed by atoms with E-state index in [1.54, 1.807) is 12.1 Å². The van der Waals surface area contributed by atoms with E-state index in [4.69, 9.17) is 9.84 Å². The standard InChI is InChI=1S/C21H24N2O3/c24-21(25)18-8-6-16(7-9-18)12-22-10-11-23-19(13-22)14-26-15-20(23)17-4-2-1-3-5-17/h1-9,19-20H,10-15H2,(H,24,25)/t19-,20-/m1/s1. The zero-order chi connectivity index (χ0) is 17.9. The number of hydrogen-bond acceptors (Lipinski definition) is 4. The summed E-state index contributed by atoms with van der Waals surface area (Å²) < 4.78 is 5.91. The maximum absolute atomic E-state index is 11.0. The summed E-state index contributed by atoms with van der Waals surface area (Å²) in [5.74, 6) is -0.878. The van der Waals surface area contributed by atoms with E-state index in [1.807, 2.05) is 12.1 Å². The van der Waals surface area contributed by atoms with E-state index in [0.29, 0.717) is 17.6 Å². The molecule has 2 aromatic carbocycles. The van der Waals surface area contributed by atoms with Gasteiger partial charge in [-0.2, -0.15) is 0 Å². The molecule has 2 aliphatic rings. The van der Waals surface area contributed by atoms with Gasteiger partial charge in [-0.05, 0) is 23.3 Å². The second kappa shape index (κ2) is 7.58. The van der Waals surface area contributed by atoms with Gasteiger partial charge in [0.15, 0.2) is 0 Å². The van der Waals surface area contributed by atoms with Gasteiger partial charge in [0, 0.05) is 32.2 Å². The smallest absolute Gasteiger partial charge is 0.335 e. The lowest BCUT2D eigenvalue weighted by Gasteiger charge is -2.48. The number of rotatable bonds is 4. The second-order valence-electron chi connectivity index (χ2n) is 7.09. The van der Waals surface area contributed by atoms with E-state index < -0.39 is 5.97 Å². The van der Waals surface area contributed by atoms with Crippen LogP contribution in [0.1, 0.15) is 27.5 Å². The average Bonchev–Trinajstić information content (AvgIpc) is 2.68. The molecule has 0 aromatic heterocycles. The first-order valence-electron chi connectivity index (χ1n) is 9.14. The summed E-state index contributed by atoms with van der Waals surface area (Å²) >= 11 is 0. The van der Waals surface area contributed by atoms with Crippen molar-refractivity contribution in [2.45, 2.75) is 18.6 Å². The molecule has 2 saturated heterocycles. The highest BCUT2D eigenvalue weighted by Gasteiger charge is 2.36. The third-order valence-corrected chi connectivity index (χ3v) is 5.39. The van der Waals surface area contributed by atoms with Crippen LogP contribution in [0.4, 0.5) is 0 Å². The Morgan fingerprint density at radius 3 is 2.54 bits per heavy atom. The zero-order valence-electron chi connectivity index (χ0n) is 14.8. The highest BCUT2D eigenvalue weighted by atomic mass is 16.5. The van der Waals surface area contributed by atoms with Gasteiger partial charge in [0.1, 0.15) is 0 Å². The quantitative estimate of drug-likeness (QED) is 0.917. The van der Waals surface area contributed by atoms with Gasteiger partial charge in [-0.15, -0.1) is 0 Å². The highest BCUT2D eigenvalue weighted by molar-refractivity contribution is 5.87. The van der Waals surface area contributed by atoms with Crippen LogP contribution in [0.25, 0.3) is 0 Å². The summed E-state index contributed by atoms with van der Waals surface area (Å²) in [7, 11) is 0. The van der Waals surface area contributed by atoms with Crippen LogP contribution in [0.5, 0.6) is 0 Å². The number of benzene rings is 2. The topological polar surface area (TPSA) is 53.0 Å². The molecule has 2 aliphatic heterocycles. The SMILES string of the molecule is O=C(O)c1ccc(CN2CCN3[C@@H](COC[C@@H]3c3ccccc3)C2)cc1. The molecule has 0 aliphatic carbocycles. The lowest BCUT2D eigenvalue weighted by Crippen LogP contribution is -2.58. The Balaban J connectivity index is 1.41. The molecule has 5 heteroatoms. The van der Waals surface area contributed by atoms with E-state index in [1.165, 1.54) is 5.56 Å². The number of aromatic carboxylic acids is 1. The van der Waals surface area contributed by atoms with Crippen LogP contribution in [-0.4, -0.2) is 59.8 Å². The number of hydrogen-bond donors (Lipinski definition) is 1. The largest absolute Gasteiger partial charge is 0.478 e. The molecule has 2 atom stereocenters. The molecular weight excluding hydrogens is 328 g/mol.